The van der Waals surface area contributed by atoms with Crippen LogP contribution in [0, 0.1) is 17.3 Å². The Morgan fingerprint density at radius 3 is 1.95 bits per heavy atom. The Hall–Kier alpha value is -0.740. The molecule has 0 fully saturated rings. The minimum Gasteiger partial charge on any atom is -0.377 e. The van der Waals surface area contributed by atoms with E-state index < -0.39 is 5.60 Å². The molecule has 1 atom stereocenters. The monoisotopic (exact) mass is 292 g/mol. The van der Waals surface area contributed by atoms with Gasteiger partial charge in [0.1, 0.15) is 5.60 Å². The van der Waals surface area contributed by atoms with Gasteiger partial charge < -0.3 is 5.11 Å². The van der Waals surface area contributed by atoms with Crippen molar-refractivity contribution < 1.29 is 5.11 Å². The number of unbranched alkanes of at least 4 members (excludes halogenated alkanes) is 7. The maximum Gasteiger partial charge on any atom is 0.127 e. The third-order valence-corrected chi connectivity index (χ3v) is 4.59. The molecule has 0 aromatic rings. The summed E-state index contributed by atoms with van der Waals surface area (Å²) in [5, 5.41) is 10.4. The summed E-state index contributed by atoms with van der Waals surface area (Å²) in [6.07, 6.45) is 15.8. The fourth-order valence-electron chi connectivity index (χ4n) is 2.54. The molecule has 0 aliphatic heterocycles. The van der Waals surface area contributed by atoms with E-state index in [1.807, 2.05) is 6.92 Å². The molecule has 0 radical (unpaired) electrons. The summed E-state index contributed by atoms with van der Waals surface area (Å²) in [7, 11) is 0. The summed E-state index contributed by atoms with van der Waals surface area (Å²) in [5.41, 5.74) is -1.02. The molecule has 0 aliphatic carbocycles. The number of rotatable bonds is 11. The molecule has 0 spiro atoms. The van der Waals surface area contributed by atoms with Crippen LogP contribution in [0.25, 0.3) is 0 Å². The third-order valence-electron chi connectivity index (χ3n) is 4.59. The molecule has 0 aliphatic rings. The molecular weight excluding hydrogens is 256 g/mol. The molecule has 0 saturated carbocycles. The van der Waals surface area contributed by atoms with Crippen molar-refractivity contribution >= 4 is 0 Å². The van der Waals surface area contributed by atoms with Gasteiger partial charge in [0.15, 0.2) is 0 Å². The van der Waals surface area contributed by atoms with Crippen molar-refractivity contribution in [2.45, 2.75) is 98.0 Å². The predicted octanol–water partition coefficient (Wildman–Crippen LogP) is 5.87. The van der Waals surface area contributed by atoms with Crippen LogP contribution in [0.4, 0.5) is 0 Å². The Morgan fingerprint density at radius 2 is 1.43 bits per heavy atom. The SMILES string of the molecule is CC#CC(C)(O)C(C)(C)CCCCCCCCCC=CC. The topological polar surface area (TPSA) is 20.2 Å². The first-order valence-electron chi connectivity index (χ1n) is 8.65. The van der Waals surface area contributed by atoms with Crippen molar-refractivity contribution in [3.8, 4) is 11.8 Å². The van der Waals surface area contributed by atoms with E-state index in [1.54, 1.807) is 6.92 Å². The van der Waals surface area contributed by atoms with Crippen molar-refractivity contribution in [3.63, 3.8) is 0 Å². The summed E-state index contributed by atoms with van der Waals surface area (Å²) >= 11 is 0. The van der Waals surface area contributed by atoms with E-state index in [0.29, 0.717) is 0 Å². The van der Waals surface area contributed by atoms with Crippen molar-refractivity contribution in [1.29, 1.82) is 0 Å². The van der Waals surface area contributed by atoms with Crippen LogP contribution < -0.4 is 0 Å². The number of aliphatic hydroxyl groups is 1. The molecule has 0 rings (SSSR count). The van der Waals surface area contributed by atoms with Crippen LogP contribution >= 0.6 is 0 Å². The molecule has 1 nitrogen and oxygen atoms in total. The summed E-state index contributed by atoms with van der Waals surface area (Å²) < 4.78 is 0. The van der Waals surface area contributed by atoms with E-state index in [1.165, 1.54) is 51.4 Å². The van der Waals surface area contributed by atoms with Crippen molar-refractivity contribution in [2.75, 3.05) is 0 Å². The van der Waals surface area contributed by atoms with E-state index in [2.05, 4.69) is 44.8 Å². The van der Waals surface area contributed by atoms with Gasteiger partial charge in [0, 0.05) is 5.41 Å². The molecule has 1 heteroatoms. The Labute approximate surface area is 133 Å². The molecule has 0 amide bonds. The van der Waals surface area contributed by atoms with Crippen LogP contribution in [0.2, 0.25) is 0 Å². The Morgan fingerprint density at radius 1 is 0.905 bits per heavy atom. The lowest BCUT2D eigenvalue weighted by Crippen LogP contribution is -2.40. The molecule has 0 aromatic heterocycles. The highest BCUT2D eigenvalue weighted by molar-refractivity contribution is 5.15. The molecule has 0 saturated heterocycles. The average Bonchev–Trinajstić information content (AvgIpc) is 2.40. The highest BCUT2D eigenvalue weighted by Crippen LogP contribution is 2.35. The highest BCUT2D eigenvalue weighted by atomic mass is 16.3. The Bertz CT molecular complexity index is 339. The minimum absolute atomic E-state index is 0.136. The van der Waals surface area contributed by atoms with Gasteiger partial charge in [-0.25, -0.2) is 0 Å². The van der Waals surface area contributed by atoms with E-state index in [-0.39, 0.29) is 5.41 Å². The fourth-order valence-corrected chi connectivity index (χ4v) is 2.54. The average molecular weight is 293 g/mol. The largest absolute Gasteiger partial charge is 0.377 e. The second-order valence-electron chi connectivity index (χ2n) is 6.91. The first-order valence-corrected chi connectivity index (χ1v) is 8.65. The lowest BCUT2D eigenvalue weighted by Gasteiger charge is -2.36. The van der Waals surface area contributed by atoms with Crippen LogP contribution in [0.3, 0.4) is 0 Å². The summed E-state index contributed by atoms with van der Waals surface area (Å²) in [4.78, 5) is 0. The van der Waals surface area contributed by atoms with Crippen LogP contribution in [-0.4, -0.2) is 10.7 Å². The fraction of sp³-hybridized carbons (Fsp3) is 0.800. The van der Waals surface area contributed by atoms with Gasteiger partial charge in [0.25, 0.3) is 0 Å². The van der Waals surface area contributed by atoms with Gasteiger partial charge in [-0.3, -0.25) is 0 Å². The summed E-state index contributed by atoms with van der Waals surface area (Å²) in [6, 6.07) is 0. The molecule has 0 aromatic carbocycles. The van der Waals surface area contributed by atoms with Crippen LogP contribution in [-0.2, 0) is 0 Å². The second-order valence-corrected chi connectivity index (χ2v) is 6.91. The van der Waals surface area contributed by atoms with Crippen molar-refractivity contribution in [3.05, 3.63) is 12.2 Å². The lowest BCUT2D eigenvalue weighted by molar-refractivity contribution is -0.00577. The molecule has 1 N–H and O–H groups in total. The zero-order chi connectivity index (χ0) is 16.2. The predicted molar refractivity (Wildman–Crippen MR) is 94.2 cm³/mol. The van der Waals surface area contributed by atoms with E-state index in [9.17, 15) is 5.11 Å². The van der Waals surface area contributed by atoms with Gasteiger partial charge in [0.2, 0.25) is 0 Å². The van der Waals surface area contributed by atoms with E-state index in [0.717, 1.165) is 6.42 Å². The van der Waals surface area contributed by atoms with Gasteiger partial charge in [-0.05, 0) is 40.0 Å². The van der Waals surface area contributed by atoms with Crippen molar-refractivity contribution in [1.82, 2.24) is 0 Å². The highest BCUT2D eigenvalue weighted by Gasteiger charge is 2.37. The van der Waals surface area contributed by atoms with E-state index >= 15 is 0 Å². The van der Waals surface area contributed by atoms with Crippen LogP contribution in [0.15, 0.2) is 12.2 Å². The maximum absolute atomic E-state index is 10.4. The zero-order valence-electron chi connectivity index (χ0n) is 15.0. The number of hydrogen-bond donors (Lipinski definition) is 1. The number of hydrogen-bond acceptors (Lipinski definition) is 1. The van der Waals surface area contributed by atoms with Crippen LogP contribution in [0.1, 0.15) is 92.4 Å². The van der Waals surface area contributed by atoms with E-state index in [4.69, 9.17) is 0 Å². The van der Waals surface area contributed by atoms with Gasteiger partial charge in [0.05, 0.1) is 0 Å². The first-order chi connectivity index (χ1) is 9.87. The lowest BCUT2D eigenvalue weighted by atomic mass is 9.73. The van der Waals surface area contributed by atoms with Gasteiger partial charge >= 0.3 is 0 Å². The molecular formula is C20H36O. The maximum atomic E-state index is 10.4. The smallest absolute Gasteiger partial charge is 0.127 e. The van der Waals surface area contributed by atoms with Gasteiger partial charge in [-0.1, -0.05) is 70.4 Å². The van der Waals surface area contributed by atoms with Gasteiger partial charge in [-0.2, -0.15) is 0 Å². The molecule has 0 bridgehead atoms. The summed E-state index contributed by atoms with van der Waals surface area (Å²) in [5.74, 6) is 5.80. The minimum atomic E-state index is -0.880. The van der Waals surface area contributed by atoms with Crippen molar-refractivity contribution in [2.24, 2.45) is 5.41 Å². The Balaban J connectivity index is 3.68. The quantitative estimate of drug-likeness (QED) is 0.287. The second kappa shape index (κ2) is 10.9. The molecule has 122 valence electrons. The normalized spacial score (nSPS) is 14.8. The molecule has 0 heterocycles. The molecule has 21 heavy (non-hydrogen) atoms. The standard InChI is InChI=1S/C20H36O/c1-6-8-9-10-11-12-13-14-15-16-18-19(3,4)20(5,21)17-7-2/h6,8,21H,9-16,18H2,1-5H3. The third kappa shape index (κ3) is 8.99. The molecule has 1 unspecified atom stereocenters. The first kappa shape index (κ1) is 20.3. The Kier molecular flexibility index (Phi) is 10.5. The number of allylic oxidation sites excluding steroid dienone is 2. The summed E-state index contributed by atoms with van der Waals surface area (Å²) in [6.45, 7) is 9.97. The zero-order valence-corrected chi connectivity index (χ0v) is 15.0. The van der Waals surface area contributed by atoms with Crippen LogP contribution in [0.5, 0.6) is 0 Å². The van der Waals surface area contributed by atoms with Gasteiger partial charge in [-0.15, -0.1) is 5.92 Å².